The molecule has 0 unspecified atom stereocenters. The number of carbonyl (C=O) groups excluding carboxylic acids is 4. The van der Waals surface area contributed by atoms with Crippen LogP contribution in [0.15, 0.2) is 0 Å². The van der Waals surface area contributed by atoms with Gasteiger partial charge in [0.25, 0.3) is 0 Å². The lowest BCUT2D eigenvalue weighted by atomic mass is 10.0. The molecule has 69 heavy (non-hydrogen) atoms. The number of thioether (sulfide) groups is 1. The van der Waals surface area contributed by atoms with Crippen LogP contribution in [0, 0.1) is 0 Å². The lowest BCUT2D eigenvalue weighted by molar-refractivity contribution is -0.157. The summed E-state index contributed by atoms with van der Waals surface area (Å²) in [5.74, 6) is -2.71. The Morgan fingerprint density at radius 3 is 1.30 bits per heavy atom. The van der Waals surface area contributed by atoms with Crippen LogP contribution < -0.4 is 16.4 Å². The molecule has 0 fully saturated rings. The van der Waals surface area contributed by atoms with Crippen LogP contribution in [0.5, 0.6) is 0 Å². The fourth-order valence-corrected chi connectivity index (χ4v) is 9.35. The van der Waals surface area contributed by atoms with E-state index in [-0.39, 0.29) is 49.6 Å². The van der Waals surface area contributed by atoms with Gasteiger partial charge in [0.1, 0.15) is 18.8 Å². The third-order valence-electron chi connectivity index (χ3n) is 12.8. The first-order valence-corrected chi connectivity index (χ1v) is 29.4. The van der Waals surface area contributed by atoms with Crippen LogP contribution in [0.25, 0.3) is 0 Å². The predicted molar refractivity (Wildman–Crippen MR) is 282 cm³/mol. The molecule has 0 bridgehead atoms. The van der Waals surface area contributed by atoms with Crippen molar-refractivity contribution in [3.8, 4) is 0 Å². The number of nitrogens with one attached hydrogen (secondary N) is 2. The van der Waals surface area contributed by atoms with E-state index in [2.05, 4.69) is 24.5 Å². The Balaban J connectivity index is 4.42. The Labute approximate surface area is 424 Å². The lowest BCUT2D eigenvalue weighted by Crippen LogP contribution is -2.43. The smallest absolute Gasteiger partial charge is 0.326 e. The van der Waals surface area contributed by atoms with Gasteiger partial charge in [0.15, 0.2) is 0 Å². The summed E-state index contributed by atoms with van der Waals surface area (Å²) in [4.78, 5) is 72.3. The molecule has 404 valence electrons. The van der Waals surface area contributed by atoms with Gasteiger partial charge in [0.2, 0.25) is 11.8 Å². The van der Waals surface area contributed by atoms with Gasteiger partial charge in [-0.05, 0) is 32.1 Å². The van der Waals surface area contributed by atoms with Gasteiger partial charge in [-0.1, -0.05) is 213 Å². The number of hydrogen-bond acceptors (Lipinski definition) is 10. The molecule has 0 aliphatic carbocycles. The van der Waals surface area contributed by atoms with Crippen molar-refractivity contribution in [1.29, 1.82) is 0 Å². The van der Waals surface area contributed by atoms with E-state index in [0.29, 0.717) is 37.3 Å². The van der Waals surface area contributed by atoms with E-state index < -0.39 is 30.1 Å². The van der Waals surface area contributed by atoms with E-state index in [1.54, 1.807) is 0 Å². The zero-order chi connectivity index (χ0) is 50.8. The molecule has 6 N–H and O–H groups in total. The standard InChI is InChI=1S/C55H103N3O10S/c1-3-5-7-9-11-13-15-17-19-23-27-31-35-39-52(62)67-44-47(68-53(63)40-36-32-28-24-20-18-16-14-12-10-8-6-4-2)45-69-46-48(56)54(64)57-43-37-33-29-25-21-22-26-30-34-38-50(59)58-49(55(65)66)41-42-51(60)61/h47-49H,3-46,56H2,1-2H3,(H,57,64)(H,58,59)(H,60,61)(H,65,66)/t47-,48+,49+/m1/s1. The molecule has 0 saturated carbocycles. The van der Waals surface area contributed by atoms with Crippen molar-refractivity contribution in [2.45, 2.75) is 289 Å². The predicted octanol–water partition coefficient (Wildman–Crippen LogP) is 12.9. The van der Waals surface area contributed by atoms with Gasteiger partial charge in [-0.15, -0.1) is 0 Å². The Bertz CT molecular complexity index is 1270. The van der Waals surface area contributed by atoms with Gasteiger partial charge in [-0.3, -0.25) is 24.0 Å². The maximum atomic E-state index is 12.9. The van der Waals surface area contributed by atoms with Gasteiger partial charge in [-0.2, -0.15) is 11.8 Å². The van der Waals surface area contributed by atoms with Crippen molar-refractivity contribution in [2.24, 2.45) is 5.73 Å². The first-order chi connectivity index (χ1) is 33.5. The second-order valence-electron chi connectivity index (χ2n) is 19.5. The fraction of sp³-hybridized carbons (Fsp3) is 0.891. The van der Waals surface area contributed by atoms with Crippen molar-refractivity contribution in [2.75, 3.05) is 24.7 Å². The summed E-state index contributed by atoms with van der Waals surface area (Å²) in [5.41, 5.74) is 6.24. The lowest BCUT2D eigenvalue weighted by Gasteiger charge is -2.19. The third-order valence-corrected chi connectivity index (χ3v) is 14.0. The number of ether oxygens (including phenoxy) is 2. The van der Waals surface area contributed by atoms with Crippen LogP contribution >= 0.6 is 11.8 Å². The monoisotopic (exact) mass is 998 g/mol. The SMILES string of the molecule is CCCCCCCCCCCCCCCC(=O)OC[C@H](CSC[C@H](N)C(=O)NCCCCCCCCCCCC(=O)N[C@@H](CCC(=O)O)C(=O)O)OC(=O)CCCCCCCCCCCCCCC. The maximum absolute atomic E-state index is 12.9. The van der Waals surface area contributed by atoms with Crippen LogP contribution in [0.1, 0.15) is 271 Å². The molecule has 0 aromatic carbocycles. The highest BCUT2D eigenvalue weighted by Gasteiger charge is 2.22. The minimum atomic E-state index is -1.23. The van der Waals surface area contributed by atoms with E-state index in [1.807, 2.05) is 0 Å². The van der Waals surface area contributed by atoms with Gasteiger partial charge in [0.05, 0.1) is 6.04 Å². The first kappa shape index (κ1) is 66.1. The molecule has 0 radical (unpaired) electrons. The fourth-order valence-electron chi connectivity index (χ4n) is 8.38. The largest absolute Gasteiger partial charge is 0.481 e. The molecular formula is C55H103N3O10S. The van der Waals surface area contributed by atoms with Crippen molar-refractivity contribution in [1.82, 2.24) is 10.6 Å². The van der Waals surface area contributed by atoms with E-state index >= 15 is 0 Å². The van der Waals surface area contributed by atoms with Gasteiger partial charge in [0, 0.05) is 43.7 Å². The van der Waals surface area contributed by atoms with Crippen molar-refractivity contribution >= 4 is 47.5 Å². The van der Waals surface area contributed by atoms with Gasteiger partial charge < -0.3 is 36.1 Å². The van der Waals surface area contributed by atoms with Crippen molar-refractivity contribution < 1.29 is 48.5 Å². The Hall–Kier alpha value is -2.87. The molecule has 3 atom stereocenters. The molecule has 0 rings (SSSR count). The van der Waals surface area contributed by atoms with Crippen molar-refractivity contribution in [3.05, 3.63) is 0 Å². The summed E-state index contributed by atoms with van der Waals surface area (Å²) < 4.78 is 11.4. The third kappa shape index (κ3) is 47.2. The molecule has 0 spiro atoms. The number of aliphatic carboxylic acids is 2. The quantitative estimate of drug-likeness (QED) is 0.0285. The number of amides is 2. The van der Waals surface area contributed by atoms with E-state index in [4.69, 9.17) is 20.3 Å². The minimum Gasteiger partial charge on any atom is -0.481 e. The average Bonchev–Trinajstić information content (AvgIpc) is 3.32. The average molecular weight is 999 g/mol. The number of carbonyl (C=O) groups is 6. The molecule has 0 aliphatic heterocycles. The molecule has 0 saturated heterocycles. The Morgan fingerprint density at radius 2 is 0.884 bits per heavy atom. The first-order valence-electron chi connectivity index (χ1n) is 28.2. The Kier molecular flexibility index (Phi) is 48.0. The zero-order valence-corrected chi connectivity index (χ0v) is 44.8. The second-order valence-corrected chi connectivity index (χ2v) is 20.6. The van der Waals surface area contributed by atoms with E-state index in [0.717, 1.165) is 89.9 Å². The van der Waals surface area contributed by atoms with Crippen LogP contribution in [0.2, 0.25) is 0 Å². The van der Waals surface area contributed by atoms with E-state index in [1.165, 1.54) is 140 Å². The summed E-state index contributed by atoms with van der Waals surface area (Å²) in [6, 6.07) is -1.89. The number of carboxylic acids is 2. The molecule has 0 heterocycles. The van der Waals surface area contributed by atoms with Crippen LogP contribution in [-0.2, 0) is 38.2 Å². The highest BCUT2D eigenvalue weighted by atomic mass is 32.2. The summed E-state index contributed by atoms with van der Waals surface area (Å²) >= 11 is 1.43. The Morgan fingerprint density at radius 1 is 0.493 bits per heavy atom. The number of carboxylic acid groups (broad SMARTS) is 2. The zero-order valence-electron chi connectivity index (χ0n) is 44.0. The molecule has 0 aromatic rings. The molecule has 14 heteroatoms. The summed E-state index contributed by atoms with van der Waals surface area (Å²) in [5, 5.41) is 23.3. The molecule has 2 amide bonds. The number of rotatable bonds is 53. The molecule has 0 aliphatic rings. The molecular weight excluding hydrogens is 895 g/mol. The summed E-state index contributed by atoms with van der Waals surface area (Å²) in [6.45, 7) is 5.06. The van der Waals surface area contributed by atoms with Gasteiger partial charge >= 0.3 is 23.9 Å². The number of esters is 2. The van der Waals surface area contributed by atoms with Crippen LogP contribution in [0.3, 0.4) is 0 Å². The van der Waals surface area contributed by atoms with Crippen LogP contribution in [-0.4, -0.2) is 88.7 Å². The number of nitrogens with two attached hydrogens (primary N) is 1. The highest BCUT2D eigenvalue weighted by Crippen LogP contribution is 2.17. The number of unbranched alkanes of at least 4 members (excludes halogenated alkanes) is 32. The maximum Gasteiger partial charge on any atom is 0.326 e. The normalized spacial score (nSPS) is 12.6. The summed E-state index contributed by atoms with van der Waals surface area (Å²) in [7, 11) is 0. The number of hydrogen-bond donors (Lipinski definition) is 5. The topological polar surface area (TPSA) is 211 Å². The van der Waals surface area contributed by atoms with Crippen molar-refractivity contribution in [3.63, 3.8) is 0 Å². The molecule has 13 nitrogen and oxygen atoms in total. The van der Waals surface area contributed by atoms with E-state index in [9.17, 15) is 33.9 Å². The second kappa shape index (κ2) is 50.1. The summed E-state index contributed by atoms with van der Waals surface area (Å²) in [6.07, 6.45) is 40.6. The van der Waals surface area contributed by atoms with Crippen LogP contribution in [0.4, 0.5) is 0 Å². The minimum absolute atomic E-state index is 0.00410. The van der Waals surface area contributed by atoms with Gasteiger partial charge in [-0.25, -0.2) is 4.79 Å². The highest BCUT2D eigenvalue weighted by molar-refractivity contribution is 7.99. The molecule has 0 aromatic heterocycles.